The molecule has 0 saturated carbocycles. The standard InChI is InChI=1S/C15H21NO3/c1-3-10-16(11-12-17)15(18)9-8-13-6-4-5-7-14(13)19-2/h3-7,17H,1,8-12H2,2H3. The van der Waals surface area contributed by atoms with Crippen LogP contribution in [-0.2, 0) is 11.2 Å². The molecule has 4 nitrogen and oxygen atoms in total. The molecule has 0 radical (unpaired) electrons. The Morgan fingerprint density at radius 3 is 2.84 bits per heavy atom. The first-order chi connectivity index (χ1) is 9.22. The highest BCUT2D eigenvalue weighted by Gasteiger charge is 2.12. The van der Waals surface area contributed by atoms with E-state index in [0.717, 1.165) is 11.3 Å². The van der Waals surface area contributed by atoms with Crippen molar-refractivity contribution in [2.24, 2.45) is 0 Å². The summed E-state index contributed by atoms with van der Waals surface area (Å²) in [5.74, 6) is 0.813. The molecule has 0 aliphatic heterocycles. The number of methoxy groups -OCH3 is 1. The maximum atomic E-state index is 12.0. The minimum absolute atomic E-state index is 0.0138. The quantitative estimate of drug-likeness (QED) is 0.725. The zero-order valence-corrected chi connectivity index (χ0v) is 11.3. The molecule has 1 aromatic carbocycles. The predicted molar refractivity (Wildman–Crippen MR) is 75.2 cm³/mol. The molecule has 0 saturated heterocycles. The van der Waals surface area contributed by atoms with E-state index in [1.165, 1.54) is 0 Å². The first-order valence-electron chi connectivity index (χ1n) is 6.34. The Labute approximate surface area is 114 Å². The Morgan fingerprint density at radius 2 is 2.21 bits per heavy atom. The van der Waals surface area contributed by atoms with Gasteiger partial charge in [-0.05, 0) is 18.1 Å². The van der Waals surface area contributed by atoms with Crippen LogP contribution in [0.3, 0.4) is 0 Å². The molecule has 19 heavy (non-hydrogen) atoms. The third-order valence-electron chi connectivity index (χ3n) is 2.87. The van der Waals surface area contributed by atoms with Gasteiger partial charge >= 0.3 is 0 Å². The van der Waals surface area contributed by atoms with Crippen molar-refractivity contribution in [2.45, 2.75) is 12.8 Å². The summed E-state index contributed by atoms with van der Waals surface area (Å²) in [5, 5.41) is 8.93. The van der Waals surface area contributed by atoms with E-state index >= 15 is 0 Å². The molecule has 0 fully saturated rings. The molecular formula is C15H21NO3. The number of para-hydroxylation sites is 1. The van der Waals surface area contributed by atoms with Gasteiger partial charge in [-0.1, -0.05) is 24.3 Å². The van der Waals surface area contributed by atoms with Gasteiger partial charge < -0.3 is 14.7 Å². The van der Waals surface area contributed by atoms with Crippen molar-refractivity contribution in [3.05, 3.63) is 42.5 Å². The zero-order chi connectivity index (χ0) is 14.1. The molecule has 0 spiro atoms. The first-order valence-corrected chi connectivity index (χ1v) is 6.34. The predicted octanol–water partition coefficient (Wildman–Crippen LogP) is 1.63. The van der Waals surface area contributed by atoms with Crippen LogP contribution in [0.4, 0.5) is 0 Å². The topological polar surface area (TPSA) is 49.8 Å². The Bertz CT molecular complexity index is 418. The van der Waals surface area contributed by atoms with E-state index < -0.39 is 0 Å². The second-order valence-corrected chi connectivity index (χ2v) is 4.16. The van der Waals surface area contributed by atoms with Gasteiger partial charge in [-0.2, -0.15) is 0 Å². The normalized spacial score (nSPS) is 10.0. The summed E-state index contributed by atoms with van der Waals surface area (Å²) in [6.07, 6.45) is 2.69. The largest absolute Gasteiger partial charge is 0.496 e. The number of hydrogen-bond donors (Lipinski definition) is 1. The van der Waals surface area contributed by atoms with E-state index in [-0.39, 0.29) is 12.5 Å². The lowest BCUT2D eigenvalue weighted by molar-refractivity contribution is -0.131. The zero-order valence-electron chi connectivity index (χ0n) is 11.3. The summed E-state index contributed by atoms with van der Waals surface area (Å²) < 4.78 is 5.25. The fourth-order valence-corrected chi connectivity index (χ4v) is 1.90. The smallest absolute Gasteiger partial charge is 0.223 e. The van der Waals surface area contributed by atoms with Crippen molar-refractivity contribution < 1.29 is 14.6 Å². The average Bonchev–Trinajstić information content (AvgIpc) is 2.44. The summed E-state index contributed by atoms with van der Waals surface area (Å²) in [4.78, 5) is 13.6. The summed E-state index contributed by atoms with van der Waals surface area (Å²) in [5.41, 5.74) is 1.01. The minimum atomic E-state index is -0.0335. The highest BCUT2D eigenvalue weighted by molar-refractivity contribution is 5.76. The highest BCUT2D eigenvalue weighted by Crippen LogP contribution is 2.19. The van der Waals surface area contributed by atoms with Gasteiger partial charge in [0.25, 0.3) is 0 Å². The number of aryl methyl sites for hydroxylation is 1. The van der Waals surface area contributed by atoms with Gasteiger partial charge in [0.15, 0.2) is 0 Å². The molecule has 104 valence electrons. The summed E-state index contributed by atoms with van der Waals surface area (Å²) >= 11 is 0. The summed E-state index contributed by atoms with van der Waals surface area (Å²) in [6, 6.07) is 7.67. The first kappa shape index (κ1) is 15.2. The van der Waals surface area contributed by atoms with Gasteiger partial charge in [0, 0.05) is 19.5 Å². The van der Waals surface area contributed by atoms with E-state index in [1.54, 1.807) is 18.1 Å². The second kappa shape index (κ2) is 8.32. The van der Waals surface area contributed by atoms with Crippen LogP contribution in [0.15, 0.2) is 36.9 Å². The number of hydrogen-bond acceptors (Lipinski definition) is 3. The number of amides is 1. The van der Waals surface area contributed by atoms with Gasteiger partial charge in [-0.25, -0.2) is 0 Å². The minimum Gasteiger partial charge on any atom is -0.496 e. The van der Waals surface area contributed by atoms with Crippen molar-refractivity contribution in [2.75, 3.05) is 26.8 Å². The SMILES string of the molecule is C=CCN(CCO)C(=O)CCc1ccccc1OC. The highest BCUT2D eigenvalue weighted by atomic mass is 16.5. The van der Waals surface area contributed by atoms with Crippen LogP contribution in [-0.4, -0.2) is 42.7 Å². The van der Waals surface area contributed by atoms with Crippen molar-refractivity contribution in [3.8, 4) is 5.75 Å². The van der Waals surface area contributed by atoms with E-state index in [2.05, 4.69) is 6.58 Å². The third kappa shape index (κ3) is 4.75. The molecule has 0 aromatic heterocycles. The molecule has 1 aromatic rings. The van der Waals surface area contributed by atoms with Crippen LogP contribution in [0.25, 0.3) is 0 Å². The van der Waals surface area contributed by atoms with Crippen LogP contribution in [0.5, 0.6) is 5.75 Å². The van der Waals surface area contributed by atoms with E-state index in [9.17, 15) is 4.79 Å². The number of rotatable bonds is 8. The lowest BCUT2D eigenvalue weighted by Crippen LogP contribution is -2.33. The summed E-state index contributed by atoms with van der Waals surface area (Å²) in [7, 11) is 1.62. The number of nitrogens with zero attached hydrogens (tertiary/aromatic N) is 1. The molecule has 0 heterocycles. The number of benzene rings is 1. The second-order valence-electron chi connectivity index (χ2n) is 4.16. The van der Waals surface area contributed by atoms with Gasteiger partial charge in [0.2, 0.25) is 5.91 Å². The Balaban J connectivity index is 2.59. The molecule has 4 heteroatoms. The van der Waals surface area contributed by atoms with Crippen LogP contribution < -0.4 is 4.74 Å². The molecule has 1 amide bonds. The Hall–Kier alpha value is -1.81. The van der Waals surface area contributed by atoms with Gasteiger partial charge in [-0.15, -0.1) is 6.58 Å². The van der Waals surface area contributed by atoms with Crippen molar-refractivity contribution in [1.82, 2.24) is 4.90 Å². The maximum Gasteiger partial charge on any atom is 0.223 e. The van der Waals surface area contributed by atoms with E-state index in [4.69, 9.17) is 9.84 Å². The number of aliphatic hydroxyl groups excluding tert-OH is 1. The molecule has 0 aliphatic carbocycles. The molecule has 0 unspecified atom stereocenters. The summed E-state index contributed by atoms with van der Waals surface area (Å²) in [6.45, 7) is 4.39. The third-order valence-corrected chi connectivity index (χ3v) is 2.87. The average molecular weight is 263 g/mol. The Morgan fingerprint density at radius 1 is 1.47 bits per heavy atom. The fourth-order valence-electron chi connectivity index (χ4n) is 1.90. The van der Waals surface area contributed by atoms with Crippen LogP contribution >= 0.6 is 0 Å². The van der Waals surface area contributed by atoms with Gasteiger partial charge in [-0.3, -0.25) is 4.79 Å². The van der Waals surface area contributed by atoms with E-state index in [1.807, 2.05) is 24.3 Å². The molecule has 1 N–H and O–H groups in total. The Kier molecular flexibility index (Phi) is 6.68. The van der Waals surface area contributed by atoms with Gasteiger partial charge in [0.1, 0.15) is 5.75 Å². The maximum absolute atomic E-state index is 12.0. The number of aliphatic hydroxyl groups is 1. The molecule has 0 bridgehead atoms. The van der Waals surface area contributed by atoms with E-state index in [0.29, 0.717) is 25.9 Å². The monoisotopic (exact) mass is 263 g/mol. The van der Waals surface area contributed by atoms with Gasteiger partial charge in [0.05, 0.1) is 13.7 Å². The molecule has 1 rings (SSSR count). The fraction of sp³-hybridized carbons (Fsp3) is 0.400. The van der Waals surface area contributed by atoms with Crippen LogP contribution in [0.1, 0.15) is 12.0 Å². The van der Waals surface area contributed by atoms with Crippen LogP contribution in [0, 0.1) is 0 Å². The number of carbonyl (C=O) groups is 1. The molecular weight excluding hydrogens is 242 g/mol. The lowest BCUT2D eigenvalue weighted by Gasteiger charge is -2.20. The van der Waals surface area contributed by atoms with Crippen LogP contribution in [0.2, 0.25) is 0 Å². The van der Waals surface area contributed by atoms with Crippen molar-refractivity contribution in [3.63, 3.8) is 0 Å². The molecule has 0 atom stereocenters. The number of carbonyl (C=O) groups excluding carboxylic acids is 1. The van der Waals surface area contributed by atoms with Crippen molar-refractivity contribution in [1.29, 1.82) is 0 Å². The molecule has 0 aliphatic rings. The van der Waals surface area contributed by atoms with Crippen molar-refractivity contribution >= 4 is 5.91 Å². The number of ether oxygens (including phenoxy) is 1. The lowest BCUT2D eigenvalue weighted by atomic mass is 10.1.